The van der Waals surface area contributed by atoms with E-state index in [-0.39, 0.29) is 22.6 Å². The molecule has 0 aromatic carbocycles. The summed E-state index contributed by atoms with van der Waals surface area (Å²) in [5, 5.41) is 11.7. The molecule has 1 amide bonds. The van der Waals surface area contributed by atoms with Crippen LogP contribution in [0, 0.1) is 40.9 Å². The van der Waals surface area contributed by atoms with Crippen LogP contribution in [-0.4, -0.2) is 32.3 Å². The first-order valence-electron chi connectivity index (χ1n) is 13.1. The zero-order chi connectivity index (χ0) is 23.5. The molecule has 2 N–H and O–H groups in total. The topological polar surface area (TPSA) is 62.8 Å². The van der Waals surface area contributed by atoms with Crippen LogP contribution in [0.1, 0.15) is 71.1 Å². The van der Waals surface area contributed by atoms with Crippen molar-refractivity contribution in [3.8, 4) is 0 Å². The Labute approximate surface area is 209 Å². The summed E-state index contributed by atoms with van der Waals surface area (Å²) in [6, 6.07) is 0. The molecule has 0 radical (unpaired) electrons. The molecule has 8 unspecified atom stereocenters. The fraction of sp³-hybridized carbons (Fsp3) is 0.846. The van der Waals surface area contributed by atoms with E-state index in [0.717, 1.165) is 57.0 Å². The number of alkyl halides is 2. The first kappa shape index (κ1) is 25.2. The lowest BCUT2D eigenvalue weighted by Crippen LogP contribution is -2.42. The predicted octanol–water partition coefficient (Wildman–Crippen LogP) is 5.30. The number of aromatic nitrogens is 2. The molecular weight excluding hydrogens is 455 g/mol. The summed E-state index contributed by atoms with van der Waals surface area (Å²) >= 11 is 12.7. The third-order valence-corrected chi connectivity index (χ3v) is 10.0. The van der Waals surface area contributed by atoms with Crippen molar-refractivity contribution in [2.45, 2.75) is 88.4 Å². The molecule has 3 saturated carbocycles. The number of halogens is 2. The molecular formula is C26H42Cl2N4O. The van der Waals surface area contributed by atoms with Crippen LogP contribution in [0.4, 0.5) is 0 Å². The number of nitrogens with zero attached hydrogens (tertiary/aromatic N) is 2. The van der Waals surface area contributed by atoms with E-state index in [1.54, 1.807) is 0 Å². The lowest BCUT2D eigenvalue weighted by Gasteiger charge is -2.42. The monoisotopic (exact) mass is 496 g/mol. The van der Waals surface area contributed by atoms with Crippen molar-refractivity contribution < 1.29 is 4.79 Å². The standard InChI is InChI=1S/C26H42Cl2N4O/c1-17-5-3-4-6-22(17)20-11-19(16-32-10-9-31(2)26(32)29)12-21(14-20)25(33)30-15-18-7-8-23(27)24(28)13-18/h9-10,17-24,29H,3-8,11-16H2,1-2H3,(H,30,33). The number of nitrogens with one attached hydrogen (secondary N) is 2. The number of amides is 1. The molecule has 0 spiro atoms. The molecule has 8 atom stereocenters. The summed E-state index contributed by atoms with van der Waals surface area (Å²) < 4.78 is 3.91. The van der Waals surface area contributed by atoms with Crippen LogP contribution in [0.15, 0.2) is 12.4 Å². The fourth-order valence-corrected chi connectivity index (χ4v) is 7.53. The molecule has 1 heterocycles. The zero-order valence-electron chi connectivity index (χ0n) is 20.3. The van der Waals surface area contributed by atoms with E-state index < -0.39 is 0 Å². The predicted molar refractivity (Wildman–Crippen MR) is 134 cm³/mol. The SMILES string of the molecule is CC1CCCCC1C1CC(Cn2ccn(C)c2=N)CC(C(=O)NCC2CCC(Cl)C(Cl)C2)C1. The highest BCUT2D eigenvalue weighted by molar-refractivity contribution is 6.30. The van der Waals surface area contributed by atoms with Crippen LogP contribution < -0.4 is 10.9 Å². The van der Waals surface area contributed by atoms with Crippen molar-refractivity contribution in [3.63, 3.8) is 0 Å². The number of hydrogen-bond acceptors (Lipinski definition) is 2. The minimum absolute atomic E-state index is 0.0144. The van der Waals surface area contributed by atoms with E-state index in [1.807, 2.05) is 24.0 Å². The molecule has 186 valence electrons. The largest absolute Gasteiger partial charge is 0.356 e. The van der Waals surface area contributed by atoms with Gasteiger partial charge in [-0.05, 0) is 74.5 Å². The van der Waals surface area contributed by atoms with Crippen LogP contribution in [-0.2, 0) is 18.4 Å². The van der Waals surface area contributed by atoms with Gasteiger partial charge in [0.25, 0.3) is 0 Å². The van der Waals surface area contributed by atoms with Gasteiger partial charge in [0.1, 0.15) is 0 Å². The van der Waals surface area contributed by atoms with Gasteiger partial charge in [0.15, 0.2) is 0 Å². The molecule has 3 aliphatic rings. The minimum Gasteiger partial charge on any atom is -0.356 e. The summed E-state index contributed by atoms with van der Waals surface area (Å²) in [5.41, 5.74) is 0.537. The van der Waals surface area contributed by atoms with Gasteiger partial charge >= 0.3 is 0 Å². The third kappa shape index (κ3) is 6.20. The Kier molecular flexibility index (Phi) is 8.54. The maximum absolute atomic E-state index is 13.3. The zero-order valence-corrected chi connectivity index (χ0v) is 21.8. The summed E-state index contributed by atoms with van der Waals surface area (Å²) in [7, 11) is 1.92. The van der Waals surface area contributed by atoms with Crippen molar-refractivity contribution in [3.05, 3.63) is 18.0 Å². The second kappa shape index (κ2) is 11.2. The summed E-state index contributed by atoms with van der Waals surface area (Å²) in [4.78, 5) is 13.3. The molecule has 5 nitrogen and oxygen atoms in total. The number of carbonyl (C=O) groups excluding carboxylic acids is 1. The second-order valence-corrected chi connectivity index (χ2v) is 12.4. The first-order valence-corrected chi connectivity index (χ1v) is 14.0. The van der Waals surface area contributed by atoms with Gasteiger partial charge in [-0.25, -0.2) is 0 Å². The van der Waals surface area contributed by atoms with Crippen LogP contribution >= 0.6 is 23.2 Å². The van der Waals surface area contributed by atoms with Gasteiger partial charge in [0.2, 0.25) is 11.5 Å². The second-order valence-electron chi connectivity index (χ2n) is 11.3. The van der Waals surface area contributed by atoms with Crippen molar-refractivity contribution in [2.24, 2.45) is 42.6 Å². The number of imidazole rings is 1. The highest BCUT2D eigenvalue weighted by atomic mass is 35.5. The Bertz CT molecular complexity index is 852. The van der Waals surface area contributed by atoms with Crippen LogP contribution in [0.5, 0.6) is 0 Å². The number of aryl methyl sites for hydroxylation is 1. The number of rotatable bonds is 6. The van der Waals surface area contributed by atoms with Gasteiger partial charge in [0, 0.05) is 43.8 Å². The van der Waals surface area contributed by atoms with Crippen LogP contribution in [0.2, 0.25) is 0 Å². The smallest absolute Gasteiger partial charge is 0.223 e. The van der Waals surface area contributed by atoms with E-state index in [0.29, 0.717) is 23.4 Å². The van der Waals surface area contributed by atoms with E-state index in [1.165, 1.54) is 32.1 Å². The molecule has 7 heteroatoms. The van der Waals surface area contributed by atoms with Crippen molar-refractivity contribution in [1.29, 1.82) is 5.41 Å². The van der Waals surface area contributed by atoms with Crippen molar-refractivity contribution in [1.82, 2.24) is 14.5 Å². The Morgan fingerprint density at radius 1 is 1.03 bits per heavy atom. The van der Waals surface area contributed by atoms with Gasteiger partial charge in [0.05, 0.1) is 5.38 Å². The van der Waals surface area contributed by atoms with E-state index in [2.05, 4.69) is 16.8 Å². The summed E-state index contributed by atoms with van der Waals surface area (Å²) in [5.74, 6) is 3.31. The van der Waals surface area contributed by atoms with E-state index >= 15 is 0 Å². The van der Waals surface area contributed by atoms with Gasteiger partial charge in [-0.3, -0.25) is 10.2 Å². The molecule has 33 heavy (non-hydrogen) atoms. The molecule has 1 aromatic rings. The Morgan fingerprint density at radius 2 is 1.82 bits per heavy atom. The maximum atomic E-state index is 13.3. The van der Waals surface area contributed by atoms with Gasteiger partial charge in [-0.1, -0.05) is 26.2 Å². The summed E-state index contributed by atoms with van der Waals surface area (Å²) in [6.45, 7) is 3.99. The van der Waals surface area contributed by atoms with E-state index in [4.69, 9.17) is 28.6 Å². The molecule has 0 saturated heterocycles. The number of hydrogen-bond donors (Lipinski definition) is 2. The highest BCUT2D eigenvalue weighted by Gasteiger charge is 2.39. The van der Waals surface area contributed by atoms with Crippen molar-refractivity contribution >= 4 is 29.1 Å². The fourth-order valence-electron chi connectivity index (χ4n) is 6.93. The average Bonchev–Trinajstić information content (AvgIpc) is 3.12. The summed E-state index contributed by atoms with van der Waals surface area (Å²) in [6.07, 6.45) is 15.3. The molecule has 3 fully saturated rings. The molecule has 0 bridgehead atoms. The maximum Gasteiger partial charge on any atom is 0.223 e. The highest BCUT2D eigenvalue weighted by Crippen LogP contribution is 2.45. The van der Waals surface area contributed by atoms with Crippen molar-refractivity contribution in [2.75, 3.05) is 6.54 Å². The molecule has 0 aliphatic heterocycles. The molecule has 4 rings (SSSR count). The normalized spacial score (nSPS) is 37.6. The number of carbonyl (C=O) groups is 1. The van der Waals surface area contributed by atoms with Crippen LogP contribution in [0.3, 0.4) is 0 Å². The Balaban J connectivity index is 1.41. The Morgan fingerprint density at radius 3 is 2.52 bits per heavy atom. The van der Waals surface area contributed by atoms with Gasteiger partial charge in [-0.15, -0.1) is 23.2 Å². The molecule has 1 aromatic heterocycles. The lowest BCUT2D eigenvalue weighted by atomic mass is 9.64. The lowest BCUT2D eigenvalue weighted by molar-refractivity contribution is -0.128. The average molecular weight is 498 g/mol. The van der Waals surface area contributed by atoms with Gasteiger partial charge in [-0.2, -0.15) is 0 Å². The van der Waals surface area contributed by atoms with E-state index in [9.17, 15) is 4.79 Å². The van der Waals surface area contributed by atoms with Gasteiger partial charge < -0.3 is 14.5 Å². The quantitative estimate of drug-likeness (QED) is 0.515. The molecule has 3 aliphatic carbocycles. The minimum atomic E-state index is 0.0144. The third-order valence-electron chi connectivity index (χ3n) is 8.89. The first-order chi connectivity index (χ1) is 15.8. The Hall–Kier alpha value is -0.940. The van der Waals surface area contributed by atoms with Crippen LogP contribution in [0.25, 0.3) is 0 Å².